The van der Waals surface area contributed by atoms with Crippen LogP contribution in [0.15, 0.2) is 48.8 Å². The van der Waals surface area contributed by atoms with Crippen LogP contribution < -0.4 is 5.32 Å². The first-order valence-electron chi connectivity index (χ1n) is 5.98. The zero-order valence-electron chi connectivity index (χ0n) is 10.4. The molecule has 0 saturated carbocycles. The van der Waals surface area contributed by atoms with Crippen molar-refractivity contribution in [2.24, 2.45) is 0 Å². The van der Waals surface area contributed by atoms with E-state index in [4.69, 9.17) is 0 Å². The van der Waals surface area contributed by atoms with Gasteiger partial charge in [0.05, 0.1) is 0 Å². The summed E-state index contributed by atoms with van der Waals surface area (Å²) >= 11 is 0. The van der Waals surface area contributed by atoms with Crippen LogP contribution in [0.2, 0.25) is 0 Å². The Morgan fingerprint density at radius 3 is 2.41 bits per heavy atom. The van der Waals surface area contributed by atoms with Gasteiger partial charge in [-0.25, -0.2) is 0 Å². The lowest BCUT2D eigenvalue weighted by Gasteiger charge is -2.08. The Morgan fingerprint density at radius 1 is 1.06 bits per heavy atom. The molecule has 1 N–H and O–H groups in total. The highest BCUT2D eigenvalue weighted by molar-refractivity contribution is 5.62. The highest BCUT2D eigenvalue weighted by atomic mass is 14.9. The zero-order chi connectivity index (χ0) is 12.1. The van der Waals surface area contributed by atoms with E-state index >= 15 is 0 Å². The Bertz CT molecular complexity index is 446. The third kappa shape index (κ3) is 3.40. The fraction of sp³-hybridized carbons (Fsp3) is 0.267. The molecular weight excluding hydrogens is 208 g/mol. The second-order valence-corrected chi connectivity index (χ2v) is 4.47. The van der Waals surface area contributed by atoms with Crippen molar-refractivity contribution in [3.8, 4) is 11.1 Å². The molecule has 17 heavy (non-hydrogen) atoms. The molecule has 2 nitrogen and oxygen atoms in total. The first-order chi connectivity index (χ1) is 8.25. The lowest BCUT2D eigenvalue weighted by Crippen LogP contribution is -2.21. The van der Waals surface area contributed by atoms with Crippen LogP contribution >= 0.6 is 0 Å². The fourth-order valence-electron chi connectivity index (χ4n) is 1.67. The summed E-state index contributed by atoms with van der Waals surface area (Å²) in [6.45, 7) is 5.24. The van der Waals surface area contributed by atoms with E-state index in [-0.39, 0.29) is 0 Å². The van der Waals surface area contributed by atoms with Crippen LogP contribution in [-0.2, 0) is 6.54 Å². The highest BCUT2D eigenvalue weighted by Crippen LogP contribution is 2.18. The second-order valence-electron chi connectivity index (χ2n) is 4.47. The number of nitrogens with zero attached hydrogens (tertiary/aromatic N) is 1. The zero-order valence-corrected chi connectivity index (χ0v) is 10.4. The van der Waals surface area contributed by atoms with Crippen LogP contribution in [0, 0.1) is 0 Å². The maximum Gasteiger partial charge on any atom is 0.0346 e. The van der Waals surface area contributed by atoms with Gasteiger partial charge in [0.15, 0.2) is 0 Å². The van der Waals surface area contributed by atoms with Crippen molar-refractivity contribution in [3.05, 3.63) is 54.4 Å². The number of benzene rings is 1. The van der Waals surface area contributed by atoms with Crippen LogP contribution in [0.5, 0.6) is 0 Å². The van der Waals surface area contributed by atoms with Gasteiger partial charge in [-0.15, -0.1) is 0 Å². The van der Waals surface area contributed by atoms with Gasteiger partial charge < -0.3 is 5.32 Å². The number of pyridine rings is 1. The van der Waals surface area contributed by atoms with Crippen LogP contribution in [0.25, 0.3) is 11.1 Å². The number of hydrogen-bond donors (Lipinski definition) is 1. The molecule has 1 aromatic heterocycles. The summed E-state index contributed by atoms with van der Waals surface area (Å²) in [5, 5.41) is 3.41. The monoisotopic (exact) mass is 226 g/mol. The van der Waals surface area contributed by atoms with Crippen LogP contribution in [0.3, 0.4) is 0 Å². The first-order valence-corrected chi connectivity index (χ1v) is 5.98. The molecule has 0 fully saturated rings. The van der Waals surface area contributed by atoms with E-state index in [1.165, 1.54) is 11.1 Å². The van der Waals surface area contributed by atoms with Gasteiger partial charge >= 0.3 is 0 Å². The molecule has 2 aromatic rings. The number of hydrogen-bond acceptors (Lipinski definition) is 2. The molecule has 88 valence electrons. The lowest BCUT2D eigenvalue weighted by molar-refractivity contribution is 0.589. The summed E-state index contributed by atoms with van der Waals surface area (Å²) in [5.41, 5.74) is 3.69. The van der Waals surface area contributed by atoms with Crippen LogP contribution in [0.4, 0.5) is 0 Å². The van der Waals surface area contributed by atoms with Gasteiger partial charge in [-0.2, -0.15) is 0 Å². The predicted octanol–water partition coefficient (Wildman–Crippen LogP) is 3.25. The summed E-state index contributed by atoms with van der Waals surface area (Å²) in [4.78, 5) is 4.13. The molecule has 0 saturated heterocycles. The molecule has 1 aromatic carbocycles. The van der Waals surface area contributed by atoms with Crippen molar-refractivity contribution < 1.29 is 0 Å². The number of rotatable bonds is 4. The lowest BCUT2D eigenvalue weighted by atomic mass is 10.1. The van der Waals surface area contributed by atoms with E-state index in [1.54, 1.807) is 6.20 Å². The van der Waals surface area contributed by atoms with E-state index in [9.17, 15) is 0 Å². The van der Waals surface area contributed by atoms with Crippen molar-refractivity contribution in [1.82, 2.24) is 10.3 Å². The van der Waals surface area contributed by atoms with Gasteiger partial charge in [0.2, 0.25) is 0 Å². The van der Waals surface area contributed by atoms with Crippen LogP contribution in [-0.4, -0.2) is 11.0 Å². The maximum atomic E-state index is 4.13. The van der Waals surface area contributed by atoms with E-state index < -0.39 is 0 Å². The maximum absolute atomic E-state index is 4.13. The highest BCUT2D eigenvalue weighted by Gasteiger charge is 1.98. The molecule has 0 spiro atoms. The van der Waals surface area contributed by atoms with Crippen molar-refractivity contribution in [1.29, 1.82) is 0 Å². The quantitative estimate of drug-likeness (QED) is 0.865. The Labute approximate surface area is 103 Å². The number of nitrogens with one attached hydrogen (secondary N) is 1. The topological polar surface area (TPSA) is 24.9 Å². The molecule has 2 rings (SSSR count). The minimum Gasteiger partial charge on any atom is -0.310 e. The molecule has 0 bridgehead atoms. The minimum absolute atomic E-state index is 0.521. The molecule has 2 heteroatoms. The second kappa shape index (κ2) is 5.60. The average Bonchev–Trinajstić information content (AvgIpc) is 2.38. The van der Waals surface area contributed by atoms with Gasteiger partial charge in [-0.05, 0) is 22.8 Å². The Balaban J connectivity index is 2.08. The average molecular weight is 226 g/mol. The summed E-state index contributed by atoms with van der Waals surface area (Å²) < 4.78 is 0. The van der Waals surface area contributed by atoms with Gasteiger partial charge in [0.25, 0.3) is 0 Å². The van der Waals surface area contributed by atoms with Crippen molar-refractivity contribution in [2.75, 3.05) is 0 Å². The van der Waals surface area contributed by atoms with Gasteiger partial charge in [-0.3, -0.25) is 4.98 Å². The van der Waals surface area contributed by atoms with Crippen LogP contribution in [0.1, 0.15) is 19.4 Å². The van der Waals surface area contributed by atoms with Gasteiger partial charge in [-0.1, -0.05) is 44.2 Å². The summed E-state index contributed by atoms with van der Waals surface area (Å²) in [6, 6.07) is 13.2. The van der Waals surface area contributed by atoms with Crippen molar-refractivity contribution in [3.63, 3.8) is 0 Å². The van der Waals surface area contributed by atoms with Crippen molar-refractivity contribution in [2.45, 2.75) is 26.4 Å². The summed E-state index contributed by atoms with van der Waals surface area (Å²) in [5.74, 6) is 0. The Hall–Kier alpha value is -1.67. The smallest absolute Gasteiger partial charge is 0.0346 e. The Morgan fingerprint density at radius 2 is 1.82 bits per heavy atom. The number of aromatic nitrogens is 1. The molecule has 0 unspecified atom stereocenters. The molecule has 1 heterocycles. The largest absolute Gasteiger partial charge is 0.310 e. The summed E-state index contributed by atoms with van der Waals surface area (Å²) in [7, 11) is 0. The van der Waals surface area contributed by atoms with Gasteiger partial charge in [0, 0.05) is 25.0 Å². The molecule has 0 radical (unpaired) electrons. The fourth-order valence-corrected chi connectivity index (χ4v) is 1.67. The summed E-state index contributed by atoms with van der Waals surface area (Å²) in [6.07, 6.45) is 3.69. The standard InChI is InChI=1S/C15H18N2/c1-12(2)17-10-13-5-7-14(8-6-13)15-4-3-9-16-11-15/h3-9,11-12,17H,10H2,1-2H3. The third-order valence-electron chi connectivity index (χ3n) is 2.66. The van der Waals surface area contributed by atoms with Gasteiger partial charge in [0.1, 0.15) is 0 Å². The predicted molar refractivity (Wildman–Crippen MR) is 71.6 cm³/mol. The van der Waals surface area contributed by atoms with E-state index in [1.807, 2.05) is 12.3 Å². The van der Waals surface area contributed by atoms with E-state index in [2.05, 4.69) is 54.5 Å². The molecule has 0 aliphatic heterocycles. The normalized spacial score (nSPS) is 10.8. The molecular formula is C15H18N2. The third-order valence-corrected chi connectivity index (χ3v) is 2.66. The minimum atomic E-state index is 0.521. The molecule has 0 aliphatic rings. The SMILES string of the molecule is CC(C)NCc1ccc(-c2cccnc2)cc1. The molecule has 0 atom stereocenters. The van der Waals surface area contributed by atoms with E-state index in [0.29, 0.717) is 6.04 Å². The Kier molecular flexibility index (Phi) is 3.89. The van der Waals surface area contributed by atoms with E-state index in [0.717, 1.165) is 12.1 Å². The molecule has 0 aliphatic carbocycles. The molecule has 0 amide bonds. The van der Waals surface area contributed by atoms with Crippen molar-refractivity contribution >= 4 is 0 Å². The first kappa shape index (κ1) is 11.8.